The van der Waals surface area contributed by atoms with Crippen LogP contribution in [0.2, 0.25) is 0 Å². The van der Waals surface area contributed by atoms with Gasteiger partial charge in [-0.2, -0.15) is 5.10 Å². The maximum absolute atomic E-state index is 14.5. The van der Waals surface area contributed by atoms with E-state index in [1.807, 2.05) is 61.5 Å². The van der Waals surface area contributed by atoms with Gasteiger partial charge in [-0.1, -0.05) is 74.5 Å². The highest BCUT2D eigenvalue weighted by Gasteiger charge is 2.24. The Hall–Kier alpha value is -3.68. The number of benzene rings is 3. The van der Waals surface area contributed by atoms with E-state index >= 15 is 0 Å². The van der Waals surface area contributed by atoms with Gasteiger partial charge >= 0.3 is 0 Å². The molecule has 4 aromatic rings. The van der Waals surface area contributed by atoms with Crippen molar-refractivity contribution < 1.29 is 19.0 Å². The standard InChI is InChI=1S/C31H36FN3O3/c1-22(2)18-35(19-25(36)21-37-28-16-10-8-12-23(28)3)20-26-30(24-13-6-5-7-14-24)33-34(4)31(26)38-29-17-11-9-15-27(29)32/h5-17,22,25,36H,18-21H2,1-4H3. The lowest BCUT2D eigenvalue weighted by Crippen LogP contribution is -2.37. The largest absolute Gasteiger partial charge is 0.491 e. The number of hydrogen-bond donors (Lipinski definition) is 1. The fourth-order valence-corrected chi connectivity index (χ4v) is 4.48. The van der Waals surface area contributed by atoms with Crippen LogP contribution >= 0.6 is 0 Å². The maximum atomic E-state index is 14.5. The van der Waals surface area contributed by atoms with Gasteiger partial charge in [0, 0.05) is 32.2 Å². The first-order chi connectivity index (χ1) is 18.3. The third-order valence-electron chi connectivity index (χ3n) is 6.18. The van der Waals surface area contributed by atoms with Gasteiger partial charge in [-0.3, -0.25) is 4.90 Å². The molecule has 0 saturated heterocycles. The van der Waals surface area contributed by atoms with Crippen molar-refractivity contribution in [1.29, 1.82) is 0 Å². The summed E-state index contributed by atoms with van der Waals surface area (Å²) in [5, 5.41) is 15.7. The number of aliphatic hydroxyl groups is 1. The van der Waals surface area contributed by atoms with Crippen molar-refractivity contribution in [3.63, 3.8) is 0 Å². The molecule has 1 aromatic heterocycles. The van der Waals surface area contributed by atoms with E-state index in [1.165, 1.54) is 6.07 Å². The fourth-order valence-electron chi connectivity index (χ4n) is 4.48. The van der Waals surface area contributed by atoms with Gasteiger partial charge in [0.15, 0.2) is 11.6 Å². The van der Waals surface area contributed by atoms with E-state index in [-0.39, 0.29) is 12.4 Å². The highest BCUT2D eigenvalue weighted by Crippen LogP contribution is 2.35. The number of aliphatic hydroxyl groups excluding tert-OH is 1. The smallest absolute Gasteiger partial charge is 0.222 e. The molecule has 0 bridgehead atoms. The van der Waals surface area contributed by atoms with Crippen LogP contribution in [0.5, 0.6) is 17.4 Å². The van der Waals surface area contributed by atoms with Gasteiger partial charge in [0.25, 0.3) is 0 Å². The number of aryl methyl sites for hydroxylation is 2. The molecule has 6 nitrogen and oxygen atoms in total. The molecule has 200 valence electrons. The summed E-state index contributed by atoms with van der Waals surface area (Å²) in [7, 11) is 1.80. The van der Waals surface area contributed by atoms with E-state index in [4.69, 9.17) is 14.6 Å². The Morgan fingerprint density at radius 2 is 1.58 bits per heavy atom. The monoisotopic (exact) mass is 517 g/mol. The Morgan fingerprint density at radius 1 is 0.921 bits per heavy atom. The Morgan fingerprint density at radius 3 is 2.26 bits per heavy atom. The number of hydrogen-bond acceptors (Lipinski definition) is 5. The Bertz CT molecular complexity index is 1320. The molecular formula is C31H36FN3O3. The molecule has 3 aromatic carbocycles. The molecule has 0 saturated carbocycles. The van der Waals surface area contributed by atoms with Crippen LogP contribution in [-0.4, -0.2) is 45.6 Å². The van der Waals surface area contributed by atoms with Gasteiger partial charge in [0.1, 0.15) is 24.2 Å². The molecule has 1 unspecified atom stereocenters. The highest BCUT2D eigenvalue weighted by molar-refractivity contribution is 5.65. The van der Waals surface area contributed by atoms with Crippen molar-refractivity contribution in [1.82, 2.24) is 14.7 Å². The molecule has 0 amide bonds. The van der Waals surface area contributed by atoms with Gasteiger partial charge < -0.3 is 14.6 Å². The van der Waals surface area contributed by atoms with Crippen molar-refractivity contribution >= 4 is 0 Å². The SMILES string of the molecule is Cc1ccccc1OCC(O)CN(Cc1c(-c2ccccc2)nn(C)c1Oc1ccccc1F)CC(C)C. The van der Waals surface area contributed by atoms with Crippen molar-refractivity contribution in [2.45, 2.75) is 33.4 Å². The van der Waals surface area contributed by atoms with E-state index in [1.54, 1.807) is 29.9 Å². The summed E-state index contributed by atoms with van der Waals surface area (Å²) < 4.78 is 28.2. The topological polar surface area (TPSA) is 59.8 Å². The number of rotatable bonds is 12. The van der Waals surface area contributed by atoms with Crippen LogP contribution in [0.1, 0.15) is 25.0 Å². The maximum Gasteiger partial charge on any atom is 0.222 e. The molecule has 0 spiro atoms. The molecule has 38 heavy (non-hydrogen) atoms. The molecule has 7 heteroatoms. The average Bonchev–Trinajstić information content (AvgIpc) is 3.19. The third kappa shape index (κ3) is 7.00. The number of para-hydroxylation sites is 2. The van der Waals surface area contributed by atoms with Crippen molar-refractivity contribution in [2.24, 2.45) is 13.0 Å². The van der Waals surface area contributed by atoms with E-state index in [0.717, 1.165) is 34.7 Å². The minimum absolute atomic E-state index is 0.137. The van der Waals surface area contributed by atoms with Gasteiger partial charge in [-0.25, -0.2) is 9.07 Å². The Balaban J connectivity index is 1.61. The molecule has 1 atom stereocenters. The molecule has 0 aliphatic heterocycles. The minimum atomic E-state index is -0.707. The van der Waals surface area contributed by atoms with Crippen molar-refractivity contribution in [3.05, 3.63) is 95.8 Å². The fraction of sp³-hybridized carbons (Fsp3) is 0.323. The molecule has 4 rings (SSSR count). The Labute approximate surface area is 224 Å². The lowest BCUT2D eigenvalue weighted by atomic mass is 10.1. The molecule has 1 heterocycles. The van der Waals surface area contributed by atoms with Gasteiger partial charge in [0.05, 0.1) is 5.56 Å². The number of aromatic nitrogens is 2. The zero-order valence-electron chi connectivity index (χ0n) is 22.5. The van der Waals surface area contributed by atoms with E-state index in [9.17, 15) is 9.50 Å². The third-order valence-corrected chi connectivity index (χ3v) is 6.18. The summed E-state index contributed by atoms with van der Waals surface area (Å²) in [5.41, 5.74) is 3.56. The summed E-state index contributed by atoms with van der Waals surface area (Å²) >= 11 is 0. The second-order valence-electron chi connectivity index (χ2n) is 9.97. The quantitative estimate of drug-likeness (QED) is 0.242. The summed E-state index contributed by atoms with van der Waals surface area (Å²) in [6, 6.07) is 24.0. The molecule has 0 radical (unpaired) electrons. The van der Waals surface area contributed by atoms with Crippen LogP contribution in [0.3, 0.4) is 0 Å². The van der Waals surface area contributed by atoms with Gasteiger partial charge in [-0.05, 0) is 36.6 Å². The van der Waals surface area contributed by atoms with Gasteiger partial charge in [-0.15, -0.1) is 0 Å². The minimum Gasteiger partial charge on any atom is -0.491 e. The molecule has 0 fully saturated rings. The second kappa shape index (κ2) is 12.7. The van der Waals surface area contributed by atoms with Crippen LogP contribution in [0.15, 0.2) is 78.9 Å². The summed E-state index contributed by atoms with van der Waals surface area (Å²) in [6.07, 6.45) is -0.707. The first-order valence-corrected chi connectivity index (χ1v) is 12.9. The number of nitrogens with zero attached hydrogens (tertiary/aromatic N) is 3. The molecular weight excluding hydrogens is 481 g/mol. The molecule has 0 aliphatic carbocycles. The molecule has 0 aliphatic rings. The zero-order valence-corrected chi connectivity index (χ0v) is 22.5. The normalized spacial score (nSPS) is 12.2. The highest BCUT2D eigenvalue weighted by atomic mass is 19.1. The first-order valence-electron chi connectivity index (χ1n) is 12.9. The van der Waals surface area contributed by atoms with Gasteiger partial charge in [0.2, 0.25) is 5.88 Å². The van der Waals surface area contributed by atoms with E-state index < -0.39 is 11.9 Å². The van der Waals surface area contributed by atoms with Crippen LogP contribution in [0.25, 0.3) is 11.3 Å². The summed E-state index contributed by atoms with van der Waals surface area (Å²) in [4.78, 5) is 2.17. The molecule has 1 N–H and O–H groups in total. The average molecular weight is 518 g/mol. The van der Waals surface area contributed by atoms with Crippen LogP contribution in [0.4, 0.5) is 4.39 Å². The Kier molecular flexibility index (Phi) is 9.15. The lowest BCUT2D eigenvalue weighted by molar-refractivity contribution is 0.0611. The first kappa shape index (κ1) is 27.4. The van der Waals surface area contributed by atoms with E-state index in [0.29, 0.717) is 24.9 Å². The van der Waals surface area contributed by atoms with Crippen LogP contribution in [-0.2, 0) is 13.6 Å². The van der Waals surface area contributed by atoms with Crippen molar-refractivity contribution in [2.75, 3.05) is 19.7 Å². The predicted molar refractivity (Wildman–Crippen MR) is 148 cm³/mol. The zero-order chi connectivity index (χ0) is 27.1. The van der Waals surface area contributed by atoms with Crippen molar-refractivity contribution in [3.8, 4) is 28.6 Å². The summed E-state index contributed by atoms with van der Waals surface area (Å²) in [5.74, 6) is 1.28. The predicted octanol–water partition coefficient (Wildman–Crippen LogP) is 6.22. The van der Waals surface area contributed by atoms with Crippen LogP contribution < -0.4 is 9.47 Å². The van der Waals surface area contributed by atoms with Crippen LogP contribution in [0, 0.1) is 18.7 Å². The van der Waals surface area contributed by atoms with E-state index in [2.05, 4.69) is 18.7 Å². The second-order valence-corrected chi connectivity index (χ2v) is 9.97. The summed E-state index contributed by atoms with van der Waals surface area (Å²) in [6.45, 7) is 8.04. The number of halogens is 1. The number of ether oxygens (including phenoxy) is 2. The lowest BCUT2D eigenvalue weighted by Gasteiger charge is -2.27.